The van der Waals surface area contributed by atoms with Crippen molar-refractivity contribution in [2.45, 2.75) is 19.4 Å². The average molecular weight is 236 g/mol. The first kappa shape index (κ1) is 11.9. The van der Waals surface area contributed by atoms with Gasteiger partial charge in [0.05, 0.1) is 13.7 Å². The molecule has 1 aliphatic rings. The molecule has 0 amide bonds. The molecule has 1 aromatic rings. The highest BCUT2D eigenvalue weighted by molar-refractivity contribution is 5.90. The molecule has 92 valence electrons. The van der Waals surface area contributed by atoms with Crippen LogP contribution in [0.25, 0.3) is 0 Å². The van der Waals surface area contributed by atoms with Crippen LogP contribution < -0.4 is 4.74 Å². The SMILES string of the molecule is COc1cc(COCC2CC2)ccc1C(=O)O. The van der Waals surface area contributed by atoms with Gasteiger partial charge in [-0.25, -0.2) is 4.79 Å². The molecular formula is C13H16O4. The van der Waals surface area contributed by atoms with Crippen LogP contribution in [0.1, 0.15) is 28.8 Å². The monoisotopic (exact) mass is 236 g/mol. The third-order valence-corrected chi connectivity index (χ3v) is 2.82. The van der Waals surface area contributed by atoms with Crippen molar-refractivity contribution in [1.29, 1.82) is 0 Å². The fourth-order valence-electron chi connectivity index (χ4n) is 1.63. The molecule has 0 saturated heterocycles. The Labute approximate surface area is 100 Å². The minimum Gasteiger partial charge on any atom is -0.496 e. The zero-order chi connectivity index (χ0) is 12.3. The summed E-state index contributed by atoms with van der Waals surface area (Å²) in [6.45, 7) is 1.30. The molecule has 1 saturated carbocycles. The number of benzene rings is 1. The van der Waals surface area contributed by atoms with E-state index in [0.717, 1.165) is 18.1 Å². The summed E-state index contributed by atoms with van der Waals surface area (Å²) in [6.07, 6.45) is 2.53. The van der Waals surface area contributed by atoms with E-state index in [-0.39, 0.29) is 5.56 Å². The Kier molecular flexibility index (Phi) is 3.64. The number of carbonyl (C=O) groups is 1. The van der Waals surface area contributed by atoms with Gasteiger partial charge in [0.2, 0.25) is 0 Å². The minimum absolute atomic E-state index is 0.179. The third-order valence-electron chi connectivity index (χ3n) is 2.82. The lowest BCUT2D eigenvalue weighted by atomic mass is 10.1. The maximum Gasteiger partial charge on any atom is 0.339 e. The quantitative estimate of drug-likeness (QED) is 0.823. The van der Waals surface area contributed by atoms with Gasteiger partial charge in [-0.2, -0.15) is 0 Å². The molecule has 0 aliphatic heterocycles. The number of rotatable bonds is 6. The zero-order valence-corrected chi connectivity index (χ0v) is 9.81. The normalized spacial score (nSPS) is 14.6. The second kappa shape index (κ2) is 5.19. The molecule has 4 nitrogen and oxygen atoms in total. The summed E-state index contributed by atoms with van der Waals surface area (Å²) in [6, 6.07) is 5.03. The van der Waals surface area contributed by atoms with E-state index >= 15 is 0 Å². The van der Waals surface area contributed by atoms with E-state index in [9.17, 15) is 4.79 Å². The van der Waals surface area contributed by atoms with Crippen molar-refractivity contribution in [3.8, 4) is 5.75 Å². The standard InChI is InChI=1S/C13H16O4/c1-16-12-6-10(4-5-11(12)13(14)15)8-17-7-9-2-3-9/h4-6,9H,2-3,7-8H2,1H3,(H,14,15). The molecule has 0 aromatic heterocycles. The van der Waals surface area contributed by atoms with Gasteiger partial charge in [0, 0.05) is 6.61 Å². The van der Waals surface area contributed by atoms with E-state index in [1.165, 1.54) is 20.0 Å². The van der Waals surface area contributed by atoms with E-state index in [1.807, 2.05) is 0 Å². The molecule has 0 heterocycles. The summed E-state index contributed by atoms with van der Waals surface area (Å²) in [5.74, 6) is 0.132. The highest BCUT2D eigenvalue weighted by Gasteiger charge is 2.21. The van der Waals surface area contributed by atoms with Gasteiger partial charge in [0.25, 0.3) is 0 Å². The molecule has 1 N–H and O–H groups in total. The van der Waals surface area contributed by atoms with E-state index in [1.54, 1.807) is 18.2 Å². The van der Waals surface area contributed by atoms with Crippen LogP contribution >= 0.6 is 0 Å². The lowest BCUT2D eigenvalue weighted by Crippen LogP contribution is -2.02. The highest BCUT2D eigenvalue weighted by atomic mass is 16.5. The predicted molar refractivity (Wildman–Crippen MR) is 62.3 cm³/mol. The van der Waals surface area contributed by atoms with Crippen molar-refractivity contribution < 1.29 is 19.4 Å². The fraction of sp³-hybridized carbons (Fsp3) is 0.462. The van der Waals surface area contributed by atoms with Crippen LogP contribution in [0.3, 0.4) is 0 Å². The molecule has 0 radical (unpaired) electrons. The maximum atomic E-state index is 10.9. The van der Waals surface area contributed by atoms with Crippen LogP contribution in [0.5, 0.6) is 5.75 Å². The van der Waals surface area contributed by atoms with E-state index in [0.29, 0.717) is 12.4 Å². The third kappa shape index (κ3) is 3.20. The molecule has 0 bridgehead atoms. The van der Waals surface area contributed by atoms with Crippen molar-refractivity contribution >= 4 is 5.97 Å². The summed E-state index contributed by atoms with van der Waals surface area (Å²) in [5, 5.41) is 8.93. The molecule has 1 aromatic carbocycles. The van der Waals surface area contributed by atoms with Crippen molar-refractivity contribution in [3.05, 3.63) is 29.3 Å². The Morgan fingerprint density at radius 2 is 2.24 bits per heavy atom. The smallest absolute Gasteiger partial charge is 0.339 e. The van der Waals surface area contributed by atoms with Crippen LogP contribution in [0.2, 0.25) is 0 Å². The van der Waals surface area contributed by atoms with Crippen LogP contribution in [0.15, 0.2) is 18.2 Å². The molecule has 17 heavy (non-hydrogen) atoms. The number of ether oxygens (including phenoxy) is 2. The van der Waals surface area contributed by atoms with Gasteiger partial charge < -0.3 is 14.6 Å². The Morgan fingerprint density at radius 3 is 2.82 bits per heavy atom. The molecule has 0 spiro atoms. The predicted octanol–water partition coefficient (Wildman–Crippen LogP) is 2.32. The average Bonchev–Trinajstić information content (AvgIpc) is 3.12. The van der Waals surface area contributed by atoms with Crippen molar-refractivity contribution in [2.75, 3.05) is 13.7 Å². The summed E-state index contributed by atoms with van der Waals surface area (Å²) in [5.41, 5.74) is 1.12. The lowest BCUT2D eigenvalue weighted by Gasteiger charge is -2.08. The fourth-order valence-corrected chi connectivity index (χ4v) is 1.63. The summed E-state index contributed by atoms with van der Waals surface area (Å²) in [4.78, 5) is 10.9. The Bertz CT molecular complexity index is 410. The largest absolute Gasteiger partial charge is 0.496 e. The van der Waals surface area contributed by atoms with Crippen molar-refractivity contribution in [1.82, 2.24) is 0 Å². The molecule has 1 fully saturated rings. The highest BCUT2D eigenvalue weighted by Crippen LogP contribution is 2.29. The summed E-state index contributed by atoms with van der Waals surface area (Å²) >= 11 is 0. The zero-order valence-electron chi connectivity index (χ0n) is 9.81. The van der Waals surface area contributed by atoms with Crippen LogP contribution in [-0.2, 0) is 11.3 Å². The number of carboxylic acid groups (broad SMARTS) is 1. The van der Waals surface area contributed by atoms with Crippen LogP contribution in [0, 0.1) is 5.92 Å². The molecule has 0 atom stereocenters. The first-order valence-electron chi connectivity index (χ1n) is 5.68. The van der Waals surface area contributed by atoms with E-state index < -0.39 is 5.97 Å². The summed E-state index contributed by atoms with van der Waals surface area (Å²) in [7, 11) is 1.47. The van der Waals surface area contributed by atoms with Gasteiger partial charge in [-0.05, 0) is 36.5 Å². The number of hydrogen-bond donors (Lipinski definition) is 1. The Hall–Kier alpha value is -1.55. The van der Waals surface area contributed by atoms with Gasteiger partial charge >= 0.3 is 5.97 Å². The van der Waals surface area contributed by atoms with Gasteiger partial charge in [-0.1, -0.05) is 6.07 Å². The van der Waals surface area contributed by atoms with Gasteiger partial charge in [-0.15, -0.1) is 0 Å². The lowest BCUT2D eigenvalue weighted by molar-refractivity contribution is 0.0693. The number of methoxy groups -OCH3 is 1. The minimum atomic E-state index is -0.979. The Morgan fingerprint density at radius 1 is 1.47 bits per heavy atom. The first-order chi connectivity index (χ1) is 8.20. The van der Waals surface area contributed by atoms with Gasteiger partial charge in [-0.3, -0.25) is 0 Å². The number of hydrogen-bond acceptors (Lipinski definition) is 3. The molecule has 1 aliphatic carbocycles. The van der Waals surface area contributed by atoms with Crippen LogP contribution in [0.4, 0.5) is 0 Å². The first-order valence-corrected chi connectivity index (χ1v) is 5.68. The number of carboxylic acids is 1. The molecule has 4 heteroatoms. The second-order valence-electron chi connectivity index (χ2n) is 4.30. The van der Waals surface area contributed by atoms with E-state index in [2.05, 4.69) is 0 Å². The summed E-state index contributed by atoms with van der Waals surface area (Å²) < 4.78 is 10.6. The van der Waals surface area contributed by atoms with Crippen LogP contribution in [-0.4, -0.2) is 24.8 Å². The topological polar surface area (TPSA) is 55.8 Å². The van der Waals surface area contributed by atoms with Gasteiger partial charge in [0.1, 0.15) is 11.3 Å². The second-order valence-corrected chi connectivity index (χ2v) is 4.30. The molecule has 2 rings (SSSR count). The van der Waals surface area contributed by atoms with Crippen molar-refractivity contribution in [2.24, 2.45) is 5.92 Å². The van der Waals surface area contributed by atoms with Gasteiger partial charge in [0.15, 0.2) is 0 Å². The Balaban J connectivity index is 1.99. The van der Waals surface area contributed by atoms with Crippen molar-refractivity contribution in [3.63, 3.8) is 0 Å². The van der Waals surface area contributed by atoms with E-state index in [4.69, 9.17) is 14.6 Å². The maximum absolute atomic E-state index is 10.9. The molecule has 0 unspecified atom stereocenters. The molecular weight excluding hydrogens is 220 g/mol. The number of aromatic carboxylic acids is 1.